The lowest BCUT2D eigenvalue weighted by Crippen LogP contribution is -2.21. The monoisotopic (exact) mass is 236 g/mol. The maximum Gasteiger partial charge on any atom is 0.101 e. The number of nitriles is 1. The van der Waals surface area contributed by atoms with E-state index in [1.54, 1.807) is 0 Å². The SMILES string of the molecule is CN(CCc1ccccc1)c1ccccc1C#N. The average molecular weight is 236 g/mol. The number of likely N-dealkylation sites (N-methyl/N-ethyl adjacent to an activating group) is 1. The van der Waals surface area contributed by atoms with E-state index in [1.165, 1.54) is 5.56 Å². The minimum atomic E-state index is 0.730. The maximum atomic E-state index is 9.08. The van der Waals surface area contributed by atoms with Gasteiger partial charge in [0, 0.05) is 13.6 Å². The summed E-state index contributed by atoms with van der Waals surface area (Å²) >= 11 is 0. The molecule has 0 bridgehead atoms. The summed E-state index contributed by atoms with van der Waals surface area (Å²) in [5.74, 6) is 0. The molecule has 0 aliphatic rings. The topological polar surface area (TPSA) is 27.0 Å². The summed E-state index contributed by atoms with van der Waals surface area (Å²) in [6.45, 7) is 0.905. The first-order valence-electron chi connectivity index (χ1n) is 6.05. The summed E-state index contributed by atoms with van der Waals surface area (Å²) in [5.41, 5.74) is 3.04. The van der Waals surface area contributed by atoms with E-state index in [2.05, 4.69) is 35.2 Å². The van der Waals surface area contributed by atoms with Crippen LogP contribution in [0.4, 0.5) is 5.69 Å². The van der Waals surface area contributed by atoms with Crippen LogP contribution in [0.25, 0.3) is 0 Å². The standard InChI is InChI=1S/C16H16N2/c1-18(12-11-14-7-3-2-4-8-14)16-10-6-5-9-15(16)13-17/h2-10H,11-12H2,1H3. The number of anilines is 1. The lowest BCUT2D eigenvalue weighted by molar-refractivity contribution is 0.875. The van der Waals surface area contributed by atoms with Crippen LogP contribution < -0.4 is 4.90 Å². The molecule has 0 radical (unpaired) electrons. The molecule has 0 unspecified atom stereocenters. The van der Waals surface area contributed by atoms with Gasteiger partial charge < -0.3 is 4.90 Å². The van der Waals surface area contributed by atoms with Crippen LogP contribution in [0.1, 0.15) is 11.1 Å². The molecule has 0 fully saturated rings. The van der Waals surface area contributed by atoms with Gasteiger partial charge in [0.15, 0.2) is 0 Å². The zero-order valence-corrected chi connectivity index (χ0v) is 10.5. The highest BCUT2D eigenvalue weighted by atomic mass is 15.1. The van der Waals surface area contributed by atoms with Gasteiger partial charge in [-0.2, -0.15) is 5.26 Å². The molecule has 0 amide bonds. The minimum Gasteiger partial charge on any atom is -0.373 e. The smallest absolute Gasteiger partial charge is 0.101 e. The van der Waals surface area contributed by atoms with E-state index < -0.39 is 0 Å². The highest BCUT2D eigenvalue weighted by Crippen LogP contribution is 2.18. The van der Waals surface area contributed by atoms with Gasteiger partial charge in [-0.1, -0.05) is 42.5 Å². The van der Waals surface area contributed by atoms with Gasteiger partial charge in [0.2, 0.25) is 0 Å². The van der Waals surface area contributed by atoms with Crippen LogP contribution in [0.2, 0.25) is 0 Å². The third kappa shape index (κ3) is 2.89. The molecular formula is C16H16N2. The Morgan fingerprint density at radius 1 is 1.00 bits per heavy atom. The van der Waals surface area contributed by atoms with Gasteiger partial charge in [0.25, 0.3) is 0 Å². The van der Waals surface area contributed by atoms with Gasteiger partial charge >= 0.3 is 0 Å². The highest BCUT2D eigenvalue weighted by molar-refractivity contribution is 5.58. The van der Waals surface area contributed by atoms with Crippen molar-refractivity contribution in [3.05, 3.63) is 65.7 Å². The first-order valence-corrected chi connectivity index (χ1v) is 6.05. The van der Waals surface area contributed by atoms with Crippen molar-refractivity contribution in [1.82, 2.24) is 0 Å². The fourth-order valence-corrected chi connectivity index (χ4v) is 1.96. The molecule has 0 saturated heterocycles. The number of rotatable bonds is 4. The van der Waals surface area contributed by atoms with E-state index >= 15 is 0 Å². The third-order valence-corrected chi connectivity index (χ3v) is 3.01. The Labute approximate surface area is 108 Å². The molecule has 0 aliphatic carbocycles. The van der Waals surface area contributed by atoms with Crippen molar-refractivity contribution in [2.24, 2.45) is 0 Å². The summed E-state index contributed by atoms with van der Waals surface area (Å²) in [7, 11) is 2.03. The number of hydrogen-bond acceptors (Lipinski definition) is 2. The Morgan fingerprint density at radius 2 is 1.67 bits per heavy atom. The zero-order valence-electron chi connectivity index (χ0n) is 10.5. The molecule has 0 N–H and O–H groups in total. The Bertz CT molecular complexity index is 541. The largest absolute Gasteiger partial charge is 0.373 e. The van der Waals surface area contributed by atoms with Gasteiger partial charge in [-0.15, -0.1) is 0 Å². The van der Waals surface area contributed by atoms with Crippen molar-refractivity contribution in [2.45, 2.75) is 6.42 Å². The first-order chi connectivity index (χ1) is 8.81. The summed E-state index contributed by atoms with van der Waals surface area (Å²) in [5, 5.41) is 9.08. The molecule has 2 aromatic rings. The molecule has 0 saturated carbocycles. The number of hydrogen-bond donors (Lipinski definition) is 0. The van der Waals surface area contributed by atoms with Crippen LogP contribution in [0.15, 0.2) is 54.6 Å². The second kappa shape index (κ2) is 5.88. The quantitative estimate of drug-likeness (QED) is 0.815. The predicted molar refractivity (Wildman–Crippen MR) is 74.6 cm³/mol. The third-order valence-electron chi connectivity index (χ3n) is 3.01. The lowest BCUT2D eigenvalue weighted by atomic mass is 10.1. The Kier molecular flexibility index (Phi) is 3.98. The van der Waals surface area contributed by atoms with Gasteiger partial charge in [0.1, 0.15) is 6.07 Å². The summed E-state index contributed by atoms with van der Waals surface area (Å²) < 4.78 is 0. The molecular weight excluding hydrogens is 220 g/mol. The molecule has 0 atom stereocenters. The molecule has 0 aliphatic heterocycles. The summed E-state index contributed by atoms with van der Waals surface area (Å²) in [6.07, 6.45) is 0.983. The summed E-state index contributed by atoms with van der Waals surface area (Å²) in [6, 6.07) is 20.3. The lowest BCUT2D eigenvalue weighted by Gasteiger charge is -2.20. The van der Waals surface area contributed by atoms with Crippen molar-refractivity contribution >= 4 is 5.69 Å². The van der Waals surface area contributed by atoms with Gasteiger partial charge in [-0.05, 0) is 24.1 Å². The molecule has 0 aromatic heterocycles. The van der Waals surface area contributed by atoms with Gasteiger partial charge in [-0.3, -0.25) is 0 Å². The molecule has 2 aromatic carbocycles. The maximum absolute atomic E-state index is 9.08. The minimum absolute atomic E-state index is 0.730. The van der Waals surface area contributed by atoms with Gasteiger partial charge in [-0.25, -0.2) is 0 Å². The second-order valence-corrected chi connectivity index (χ2v) is 4.29. The first kappa shape index (κ1) is 12.2. The predicted octanol–water partition coefficient (Wildman–Crippen LogP) is 3.24. The van der Waals surface area contributed by atoms with E-state index in [9.17, 15) is 0 Å². The highest BCUT2D eigenvalue weighted by Gasteiger charge is 2.05. The van der Waals surface area contributed by atoms with Crippen LogP contribution in [0, 0.1) is 11.3 Å². The Morgan fingerprint density at radius 3 is 2.39 bits per heavy atom. The van der Waals surface area contributed by atoms with Crippen LogP contribution in [0.5, 0.6) is 0 Å². The van der Waals surface area contributed by atoms with Crippen molar-refractivity contribution < 1.29 is 0 Å². The fraction of sp³-hybridized carbons (Fsp3) is 0.188. The van der Waals surface area contributed by atoms with Crippen LogP contribution in [-0.2, 0) is 6.42 Å². The summed E-state index contributed by atoms with van der Waals surface area (Å²) in [4.78, 5) is 2.13. The van der Waals surface area contributed by atoms with Crippen molar-refractivity contribution in [2.75, 3.05) is 18.5 Å². The van der Waals surface area contributed by atoms with E-state index in [4.69, 9.17) is 5.26 Å². The number of benzene rings is 2. The normalized spacial score (nSPS) is 9.78. The molecule has 2 heteroatoms. The number of para-hydroxylation sites is 1. The molecule has 0 spiro atoms. The van der Waals surface area contributed by atoms with Crippen molar-refractivity contribution in [1.29, 1.82) is 5.26 Å². The Balaban J connectivity index is 2.04. The van der Waals surface area contributed by atoms with Crippen molar-refractivity contribution in [3.63, 3.8) is 0 Å². The van der Waals surface area contributed by atoms with E-state index in [0.29, 0.717) is 0 Å². The van der Waals surface area contributed by atoms with E-state index in [1.807, 2.05) is 37.4 Å². The van der Waals surface area contributed by atoms with Crippen LogP contribution >= 0.6 is 0 Å². The average Bonchev–Trinajstić information content (AvgIpc) is 2.45. The van der Waals surface area contributed by atoms with E-state index in [-0.39, 0.29) is 0 Å². The Hall–Kier alpha value is -2.27. The second-order valence-electron chi connectivity index (χ2n) is 4.29. The molecule has 18 heavy (non-hydrogen) atoms. The molecule has 90 valence electrons. The fourth-order valence-electron chi connectivity index (χ4n) is 1.96. The van der Waals surface area contributed by atoms with Crippen LogP contribution in [0.3, 0.4) is 0 Å². The van der Waals surface area contributed by atoms with Crippen LogP contribution in [-0.4, -0.2) is 13.6 Å². The number of nitrogens with zero attached hydrogens (tertiary/aromatic N) is 2. The van der Waals surface area contributed by atoms with Crippen molar-refractivity contribution in [3.8, 4) is 6.07 Å². The van der Waals surface area contributed by atoms with E-state index in [0.717, 1.165) is 24.2 Å². The molecule has 0 heterocycles. The van der Waals surface area contributed by atoms with Gasteiger partial charge in [0.05, 0.1) is 11.3 Å². The molecule has 2 nitrogen and oxygen atoms in total. The molecule has 2 rings (SSSR count). The zero-order chi connectivity index (χ0) is 12.8.